The van der Waals surface area contributed by atoms with Gasteiger partial charge in [0.15, 0.2) is 11.5 Å². The van der Waals surface area contributed by atoms with Gasteiger partial charge in [-0.05, 0) is 79.4 Å². The minimum atomic E-state index is -0.129. The van der Waals surface area contributed by atoms with Crippen molar-refractivity contribution in [1.29, 1.82) is 0 Å². The van der Waals surface area contributed by atoms with Crippen molar-refractivity contribution in [3.8, 4) is 29.4 Å². The van der Waals surface area contributed by atoms with Crippen molar-refractivity contribution in [1.82, 2.24) is 29.8 Å². The molecule has 1 aliphatic rings. The zero-order valence-electron chi connectivity index (χ0n) is 20.1. The van der Waals surface area contributed by atoms with E-state index in [-0.39, 0.29) is 11.9 Å². The van der Waals surface area contributed by atoms with E-state index in [0.717, 1.165) is 35.3 Å². The second-order valence-electron chi connectivity index (χ2n) is 9.03. The Morgan fingerprint density at radius 2 is 2.03 bits per heavy atom. The van der Waals surface area contributed by atoms with Crippen LogP contribution in [-0.2, 0) is 6.42 Å². The monoisotopic (exact) mass is 485 g/mol. The molecule has 4 aromatic heterocycles. The van der Waals surface area contributed by atoms with Crippen LogP contribution in [0, 0.1) is 19.3 Å². The van der Waals surface area contributed by atoms with Gasteiger partial charge in [-0.1, -0.05) is 12.0 Å². The van der Waals surface area contributed by atoms with Gasteiger partial charge in [-0.15, -0.1) is 6.42 Å². The number of aryl methyl sites for hydroxylation is 2. The Morgan fingerprint density at radius 3 is 2.81 bits per heavy atom. The quantitative estimate of drug-likeness (QED) is 0.370. The van der Waals surface area contributed by atoms with Crippen molar-refractivity contribution in [2.75, 3.05) is 5.73 Å². The number of hydrogen-bond acceptors (Lipinski definition) is 6. The largest absolute Gasteiger partial charge is 0.383 e. The van der Waals surface area contributed by atoms with Crippen LogP contribution in [0.25, 0.3) is 28.2 Å². The Kier molecular flexibility index (Phi) is 5.38. The molecule has 4 heterocycles. The number of imidazole rings is 1. The van der Waals surface area contributed by atoms with Gasteiger partial charge in [0.05, 0.1) is 17.2 Å². The van der Waals surface area contributed by atoms with Gasteiger partial charge in [0.25, 0.3) is 5.91 Å². The van der Waals surface area contributed by atoms with Gasteiger partial charge in [-0.3, -0.25) is 14.3 Å². The molecule has 0 unspecified atom stereocenters. The number of carbonyl (C=O) groups is 1. The van der Waals surface area contributed by atoms with Crippen molar-refractivity contribution >= 4 is 22.9 Å². The third-order valence-electron chi connectivity index (χ3n) is 6.67. The van der Waals surface area contributed by atoms with E-state index in [1.807, 2.05) is 41.8 Å². The number of aromatic nitrogens is 5. The minimum absolute atomic E-state index is 0.0722. The Hall–Kier alpha value is -5.03. The van der Waals surface area contributed by atoms with Gasteiger partial charge in [0.2, 0.25) is 0 Å². The highest BCUT2D eigenvalue weighted by molar-refractivity contribution is 5.94. The van der Waals surface area contributed by atoms with Crippen LogP contribution in [0.15, 0.2) is 67.0 Å². The molecule has 8 heteroatoms. The van der Waals surface area contributed by atoms with E-state index in [4.69, 9.17) is 17.1 Å². The summed E-state index contributed by atoms with van der Waals surface area (Å²) >= 11 is 0. The summed E-state index contributed by atoms with van der Waals surface area (Å²) in [6, 6.07) is 17.1. The number of nitrogens with two attached hydrogens (primary N) is 1. The first kappa shape index (κ1) is 22.4. The van der Waals surface area contributed by atoms with Crippen LogP contribution in [0.1, 0.15) is 45.3 Å². The van der Waals surface area contributed by atoms with E-state index in [0.29, 0.717) is 39.6 Å². The number of amides is 1. The number of hydrogen-bond donors (Lipinski definition) is 2. The van der Waals surface area contributed by atoms with Crippen molar-refractivity contribution < 1.29 is 4.79 Å². The molecule has 0 saturated heterocycles. The van der Waals surface area contributed by atoms with E-state index >= 15 is 0 Å². The number of terminal acetylenes is 1. The number of carbonyl (C=O) groups excluding carboxylic acids is 1. The summed E-state index contributed by atoms with van der Waals surface area (Å²) in [6.07, 6.45) is 10.5. The summed E-state index contributed by atoms with van der Waals surface area (Å²) in [4.78, 5) is 30.8. The van der Waals surface area contributed by atoms with Crippen molar-refractivity contribution in [2.24, 2.45) is 0 Å². The number of rotatable bonds is 4. The van der Waals surface area contributed by atoms with E-state index in [1.165, 1.54) is 0 Å². The summed E-state index contributed by atoms with van der Waals surface area (Å²) in [7, 11) is 0. The Labute approximate surface area is 213 Å². The van der Waals surface area contributed by atoms with Gasteiger partial charge in [0.1, 0.15) is 17.0 Å². The lowest BCUT2D eigenvalue weighted by Gasteiger charge is -2.16. The summed E-state index contributed by atoms with van der Waals surface area (Å²) in [6.45, 7) is 1.90. The average molecular weight is 486 g/mol. The Balaban J connectivity index is 1.41. The van der Waals surface area contributed by atoms with Gasteiger partial charge in [-0.25, -0.2) is 15.0 Å². The highest BCUT2D eigenvalue weighted by Crippen LogP contribution is 2.36. The molecule has 1 aromatic carbocycles. The lowest BCUT2D eigenvalue weighted by molar-refractivity contribution is 0.0936. The number of pyridine rings is 3. The Morgan fingerprint density at radius 1 is 1.14 bits per heavy atom. The second kappa shape index (κ2) is 8.88. The van der Waals surface area contributed by atoms with Crippen LogP contribution in [0.5, 0.6) is 0 Å². The van der Waals surface area contributed by atoms with Crippen LogP contribution in [0.3, 0.4) is 0 Å². The normalized spacial score (nSPS) is 14.3. The first-order valence-electron chi connectivity index (χ1n) is 12.0. The molecule has 3 N–H and O–H groups in total. The van der Waals surface area contributed by atoms with Crippen LogP contribution in [0.4, 0.5) is 5.82 Å². The lowest BCUT2D eigenvalue weighted by Crippen LogP contribution is -2.27. The van der Waals surface area contributed by atoms with Gasteiger partial charge in [0, 0.05) is 23.8 Å². The van der Waals surface area contributed by atoms with Crippen molar-refractivity contribution in [2.45, 2.75) is 25.8 Å². The van der Waals surface area contributed by atoms with E-state index in [1.54, 1.807) is 24.5 Å². The fourth-order valence-electron chi connectivity index (χ4n) is 4.81. The molecule has 6 rings (SSSR count). The lowest BCUT2D eigenvalue weighted by atomic mass is 10.1. The first-order chi connectivity index (χ1) is 18.0. The van der Waals surface area contributed by atoms with Crippen molar-refractivity contribution in [3.63, 3.8) is 0 Å². The minimum Gasteiger partial charge on any atom is -0.383 e. The molecule has 0 fully saturated rings. The zero-order valence-corrected chi connectivity index (χ0v) is 20.1. The molecule has 1 amide bonds. The highest BCUT2D eigenvalue weighted by Gasteiger charge is 2.26. The maximum Gasteiger partial charge on any atom is 0.253 e. The number of benzene rings is 1. The number of nitrogen functional groups attached to an aromatic ring is 1. The smallest absolute Gasteiger partial charge is 0.253 e. The number of fused-ring (bicyclic) bond motifs is 2. The van der Waals surface area contributed by atoms with Gasteiger partial charge in [-0.2, -0.15) is 0 Å². The summed E-state index contributed by atoms with van der Waals surface area (Å²) < 4.78 is 1.97. The maximum absolute atomic E-state index is 12.8. The summed E-state index contributed by atoms with van der Waals surface area (Å²) in [5.74, 6) is 3.49. The standard InChI is InChI=1S/C29H23N7O/c1-3-20-9-13-25-28(33-20)36(27(34-25)23-5-4-14-31-26(23)30)21-10-11-22-18(15-21)8-12-24(22)35-29(37)19-7-6-17(2)32-16-19/h1,4-7,9-11,13-16,24H,8,12H2,2H3,(H2,30,31)(H,35,37)/t24-/m0/s1. The molecule has 0 aliphatic heterocycles. The molecule has 8 nitrogen and oxygen atoms in total. The molecular weight excluding hydrogens is 462 g/mol. The fourth-order valence-corrected chi connectivity index (χ4v) is 4.81. The third-order valence-corrected chi connectivity index (χ3v) is 6.67. The van der Waals surface area contributed by atoms with Crippen LogP contribution < -0.4 is 11.1 Å². The van der Waals surface area contributed by atoms with Gasteiger partial charge >= 0.3 is 0 Å². The predicted molar refractivity (Wildman–Crippen MR) is 142 cm³/mol. The van der Waals surface area contributed by atoms with Crippen LogP contribution >= 0.6 is 0 Å². The SMILES string of the molecule is C#Cc1ccc2nc(-c3cccnc3N)n(-c3ccc4c(c3)CC[C@@H]4NC(=O)c3ccc(C)nc3)c2n1. The molecule has 0 radical (unpaired) electrons. The molecule has 1 atom stereocenters. The number of nitrogens with zero attached hydrogens (tertiary/aromatic N) is 5. The van der Waals surface area contributed by atoms with Gasteiger partial charge < -0.3 is 11.1 Å². The molecule has 5 aromatic rings. The predicted octanol–water partition coefficient (Wildman–Crippen LogP) is 4.17. The van der Waals surface area contributed by atoms with E-state index < -0.39 is 0 Å². The number of anilines is 1. The van der Waals surface area contributed by atoms with Crippen molar-refractivity contribution in [3.05, 3.63) is 95.1 Å². The second-order valence-corrected chi connectivity index (χ2v) is 9.03. The van der Waals surface area contributed by atoms with E-state index in [9.17, 15) is 4.79 Å². The molecule has 180 valence electrons. The molecule has 1 aliphatic carbocycles. The number of nitrogens with one attached hydrogen (secondary N) is 1. The van der Waals surface area contributed by atoms with Crippen LogP contribution in [-0.4, -0.2) is 30.4 Å². The molecule has 0 bridgehead atoms. The van der Waals surface area contributed by atoms with E-state index in [2.05, 4.69) is 38.3 Å². The molecule has 0 saturated carbocycles. The molecule has 0 spiro atoms. The third kappa shape index (κ3) is 3.96. The fraction of sp³-hybridized carbons (Fsp3) is 0.138. The molecular formula is C29H23N7O. The first-order valence-corrected chi connectivity index (χ1v) is 12.0. The highest BCUT2D eigenvalue weighted by atomic mass is 16.1. The molecule has 37 heavy (non-hydrogen) atoms. The summed E-state index contributed by atoms with van der Waals surface area (Å²) in [5, 5.41) is 3.16. The zero-order chi connectivity index (χ0) is 25.5. The summed E-state index contributed by atoms with van der Waals surface area (Å²) in [5.41, 5.74) is 13.4. The maximum atomic E-state index is 12.8. The average Bonchev–Trinajstić information content (AvgIpc) is 3.49. The Bertz CT molecular complexity index is 1710. The van der Waals surface area contributed by atoms with Crippen LogP contribution in [0.2, 0.25) is 0 Å². The topological polar surface area (TPSA) is 112 Å².